The summed E-state index contributed by atoms with van der Waals surface area (Å²) in [4.78, 5) is 12.2. The van der Waals surface area contributed by atoms with Crippen LogP contribution in [0.5, 0.6) is 11.5 Å². The maximum Gasteiger partial charge on any atom is 0.220 e. The summed E-state index contributed by atoms with van der Waals surface area (Å²) in [7, 11) is 0. The Balaban J connectivity index is 0.00000261. The van der Waals surface area contributed by atoms with E-state index in [2.05, 4.69) is 17.6 Å². The Hall–Kier alpha value is -1.21. The third-order valence-corrected chi connectivity index (χ3v) is 5.42. The van der Waals surface area contributed by atoms with Crippen molar-refractivity contribution in [3.63, 3.8) is 0 Å². The van der Waals surface area contributed by atoms with Crippen molar-refractivity contribution in [2.75, 3.05) is 32.8 Å². The van der Waals surface area contributed by atoms with Gasteiger partial charge in [-0.2, -0.15) is 0 Å². The average Bonchev–Trinajstić information content (AvgIpc) is 2.66. The lowest BCUT2D eigenvalue weighted by molar-refractivity contribution is -0.122. The summed E-state index contributed by atoms with van der Waals surface area (Å²) >= 11 is 6.20. The summed E-state index contributed by atoms with van der Waals surface area (Å²) in [5.74, 6) is 1.86. The molecule has 2 heterocycles. The van der Waals surface area contributed by atoms with Gasteiger partial charge < -0.3 is 25.2 Å². The van der Waals surface area contributed by atoms with Crippen LogP contribution >= 0.6 is 24.0 Å². The number of hydrogen-bond acceptors (Lipinski definition) is 5. The van der Waals surface area contributed by atoms with Gasteiger partial charge in [0.05, 0.1) is 11.1 Å². The standard InChI is InChI=1S/C19H27ClN2O4.ClH/c1-12(13-3-2-4-21-10-13)7-18(24)22-11-16(23)14-8-15(20)19-17(9-14)25-5-6-26-19;/h8-9,12-13,16,21,23H,2-7,10-11H2,1H3,(H,22,24);1H. The molecule has 3 N–H and O–H groups in total. The molecule has 1 aromatic rings. The highest BCUT2D eigenvalue weighted by atomic mass is 35.5. The van der Waals surface area contributed by atoms with Crippen molar-refractivity contribution in [2.45, 2.75) is 32.3 Å². The van der Waals surface area contributed by atoms with Crippen LogP contribution in [-0.4, -0.2) is 43.9 Å². The van der Waals surface area contributed by atoms with Crippen molar-refractivity contribution in [1.82, 2.24) is 10.6 Å². The second-order valence-corrected chi connectivity index (χ2v) is 7.54. The fraction of sp³-hybridized carbons (Fsp3) is 0.632. The van der Waals surface area contributed by atoms with Crippen LogP contribution in [0.3, 0.4) is 0 Å². The summed E-state index contributed by atoms with van der Waals surface area (Å²) in [6, 6.07) is 3.37. The van der Waals surface area contributed by atoms with Crippen molar-refractivity contribution in [2.24, 2.45) is 11.8 Å². The van der Waals surface area contributed by atoms with E-state index in [1.807, 2.05) is 0 Å². The van der Waals surface area contributed by atoms with Gasteiger partial charge in [-0.15, -0.1) is 12.4 Å². The first kappa shape index (κ1) is 22.1. The predicted molar refractivity (Wildman–Crippen MR) is 107 cm³/mol. The lowest BCUT2D eigenvalue weighted by Crippen LogP contribution is -2.36. The van der Waals surface area contributed by atoms with Gasteiger partial charge in [-0.25, -0.2) is 0 Å². The van der Waals surface area contributed by atoms with Crippen LogP contribution in [0.15, 0.2) is 12.1 Å². The molecular formula is C19H28Cl2N2O4. The Morgan fingerprint density at radius 2 is 2.19 bits per heavy atom. The quantitative estimate of drug-likeness (QED) is 0.661. The smallest absolute Gasteiger partial charge is 0.220 e. The number of nitrogens with one attached hydrogen (secondary N) is 2. The molecular weight excluding hydrogens is 391 g/mol. The lowest BCUT2D eigenvalue weighted by Gasteiger charge is -2.28. The van der Waals surface area contributed by atoms with Crippen LogP contribution < -0.4 is 20.1 Å². The number of carbonyl (C=O) groups is 1. The molecule has 3 unspecified atom stereocenters. The maximum absolute atomic E-state index is 12.2. The molecule has 1 saturated heterocycles. The summed E-state index contributed by atoms with van der Waals surface area (Å²) in [6.07, 6.45) is 1.96. The molecule has 0 aliphatic carbocycles. The molecule has 8 heteroatoms. The molecule has 0 radical (unpaired) electrons. The largest absolute Gasteiger partial charge is 0.486 e. The highest BCUT2D eigenvalue weighted by molar-refractivity contribution is 6.32. The molecule has 3 rings (SSSR count). The zero-order valence-electron chi connectivity index (χ0n) is 15.5. The van der Waals surface area contributed by atoms with Crippen LogP contribution in [0.4, 0.5) is 0 Å². The monoisotopic (exact) mass is 418 g/mol. The lowest BCUT2D eigenvalue weighted by atomic mass is 9.85. The van der Waals surface area contributed by atoms with E-state index in [4.69, 9.17) is 21.1 Å². The number of aliphatic hydroxyl groups excluding tert-OH is 1. The summed E-state index contributed by atoms with van der Waals surface area (Å²) in [5, 5.41) is 17.0. The predicted octanol–water partition coefficient (Wildman–Crippen LogP) is 2.71. The van der Waals surface area contributed by atoms with Crippen LogP contribution in [0, 0.1) is 11.8 Å². The van der Waals surface area contributed by atoms with Crippen LogP contribution in [-0.2, 0) is 4.79 Å². The molecule has 6 nitrogen and oxygen atoms in total. The molecule has 152 valence electrons. The molecule has 2 aliphatic heterocycles. The molecule has 0 saturated carbocycles. The first-order valence-electron chi connectivity index (χ1n) is 9.29. The zero-order chi connectivity index (χ0) is 18.5. The Kier molecular flexibility index (Phi) is 8.48. The van der Waals surface area contributed by atoms with Gasteiger partial charge in [0, 0.05) is 13.0 Å². The fourth-order valence-electron chi connectivity index (χ4n) is 3.55. The number of benzene rings is 1. The number of fused-ring (bicyclic) bond motifs is 1. The van der Waals surface area contributed by atoms with E-state index in [0.29, 0.717) is 53.6 Å². The van der Waals surface area contributed by atoms with E-state index in [-0.39, 0.29) is 24.9 Å². The first-order chi connectivity index (χ1) is 12.5. The Morgan fingerprint density at radius 3 is 2.93 bits per heavy atom. The number of rotatable bonds is 6. The summed E-state index contributed by atoms with van der Waals surface area (Å²) in [6.45, 7) is 5.22. The van der Waals surface area contributed by atoms with Gasteiger partial charge in [-0.1, -0.05) is 18.5 Å². The molecule has 3 atom stereocenters. The Labute approximate surface area is 171 Å². The number of piperidine rings is 1. The van der Waals surface area contributed by atoms with Gasteiger partial charge in [-0.05, 0) is 55.5 Å². The number of hydrogen-bond donors (Lipinski definition) is 3. The first-order valence-corrected chi connectivity index (χ1v) is 9.67. The number of aliphatic hydroxyl groups is 1. The summed E-state index contributed by atoms with van der Waals surface area (Å²) < 4.78 is 11.0. The molecule has 0 bridgehead atoms. The van der Waals surface area contributed by atoms with Crippen molar-refractivity contribution in [3.05, 3.63) is 22.7 Å². The molecule has 27 heavy (non-hydrogen) atoms. The second-order valence-electron chi connectivity index (χ2n) is 7.13. The van der Waals surface area contributed by atoms with E-state index >= 15 is 0 Å². The van der Waals surface area contributed by atoms with Crippen molar-refractivity contribution < 1.29 is 19.4 Å². The van der Waals surface area contributed by atoms with Gasteiger partial charge in [-0.3, -0.25) is 4.79 Å². The Bertz CT molecular complexity index is 638. The second kappa shape index (κ2) is 10.4. The molecule has 2 aliphatic rings. The number of carbonyl (C=O) groups excluding carboxylic acids is 1. The number of ether oxygens (including phenoxy) is 2. The van der Waals surface area contributed by atoms with Gasteiger partial charge in [0.2, 0.25) is 5.91 Å². The minimum atomic E-state index is -0.848. The van der Waals surface area contributed by atoms with Gasteiger partial charge in [0.15, 0.2) is 11.5 Å². The van der Waals surface area contributed by atoms with E-state index in [1.165, 1.54) is 12.8 Å². The van der Waals surface area contributed by atoms with Crippen molar-refractivity contribution in [1.29, 1.82) is 0 Å². The summed E-state index contributed by atoms with van der Waals surface area (Å²) in [5.41, 5.74) is 0.601. The topological polar surface area (TPSA) is 79.8 Å². The van der Waals surface area contributed by atoms with Crippen LogP contribution in [0.25, 0.3) is 0 Å². The van der Waals surface area contributed by atoms with Crippen LogP contribution in [0.1, 0.15) is 37.9 Å². The zero-order valence-corrected chi connectivity index (χ0v) is 17.1. The van der Waals surface area contributed by atoms with Gasteiger partial charge in [0.1, 0.15) is 13.2 Å². The molecule has 1 aromatic carbocycles. The SMILES string of the molecule is CC(CC(=O)NCC(O)c1cc(Cl)c2c(c1)OCCO2)C1CCCNC1.Cl. The average molecular weight is 419 g/mol. The highest BCUT2D eigenvalue weighted by Crippen LogP contribution is 2.39. The Morgan fingerprint density at radius 1 is 1.41 bits per heavy atom. The third kappa shape index (κ3) is 5.88. The van der Waals surface area contributed by atoms with E-state index in [9.17, 15) is 9.90 Å². The highest BCUT2D eigenvalue weighted by Gasteiger charge is 2.23. The minimum Gasteiger partial charge on any atom is -0.486 e. The molecule has 1 amide bonds. The van der Waals surface area contributed by atoms with Crippen molar-refractivity contribution in [3.8, 4) is 11.5 Å². The van der Waals surface area contributed by atoms with E-state index in [0.717, 1.165) is 13.1 Å². The number of halogens is 2. The maximum atomic E-state index is 12.2. The van der Waals surface area contributed by atoms with E-state index in [1.54, 1.807) is 12.1 Å². The number of amides is 1. The third-order valence-electron chi connectivity index (χ3n) is 5.14. The minimum absolute atomic E-state index is 0. The van der Waals surface area contributed by atoms with E-state index < -0.39 is 6.10 Å². The molecule has 0 spiro atoms. The fourth-order valence-corrected chi connectivity index (χ4v) is 3.82. The van der Waals surface area contributed by atoms with Crippen LogP contribution in [0.2, 0.25) is 5.02 Å². The molecule has 1 fully saturated rings. The van der Waals surface area contributed by atoms with Gasteiger partial charge in [0.25, 0.3) is 0 Å². The normalized spacial score (nSPS) is 20.9. The molecule has 0 aromatic heterocycles. The van der Waals surface area contributed by atoms with Crippen molar-refractivity contribution >= 4 is 29.9 Å². The van der Waals surface area contributed by atoms with Gasteiger partial charge >= 0.3 is 0 Å².